The van der Waals surface area contributed by atoms with Crippen molar-refractivity contribution in [3.05, 3.63) is 230 Å². The van der Waals surface area contributed by atoms with Gasteiger partial charge in [-0.2, -0.15) is 0 Å². The third-order valence-corrected chi connectivity index (χ3v) is 13.0. The number of para-hydroxylation sites is 1. The zero-order chi connectivity index (χ0) is 42.8. The Bertz CT molecular complexity index is 3500. The van der Waals surface area contributed by atoms with Crippen LogP contribution in [-0.2, 0) is 5.41 Å². The molecule has 0 spiro atoms. The van der Waals surface area contributed by atoms with E-state index in [1.807, 2.05) is 36.4 Å². The molecule has 64 heavy (non-hydrogen) atoms. The van der Waals surface area contributed by atoms with Gasteiger partial charge in [-0.3, -0.25) is 0 Å². The van der Waals surface area contributed by atoms with Crippen LogP contribution in [0.3, 0.4) is 0 Å². The molecule has 0 amide bonds. The molecule has 2 aromatic heterocycles. The van der Waals surface area contributed by atoms with E-state index in [-0.39, 0.29) is 5.41 Å². The average molecular weight is 819 g/mol. The predicted molar refractivity (Wildman–Crippen MR) is 264 cm³/mol. The molecule has 0 aliphatic heterocycles. The van der Waals surface area contributed by atoms with Gasteiger partial charge in [0.15, 0.2) is 17.5 Å². The molecule has 4 nitrogen and oxygen atoms in total. The number of nitrogens with zero attached hydrogens (tertiary/aromatic N) is 4. The lowest BCUT2D eigenvalue weighted by molar-refractivity contribution is 0.660. The van der Waals surface area contributed by atoms with Crippen LogP contribution in [0.4, 0.5) is 0 Å². The molecule has 0 saturated carbocycles. The standard InChI is InChI=1S/C60H42N4/c1-60(2)52-28-16-15-26-49(52)50-32-30-43(38-53(50)60)42-31-33-54-51(37-42)56-48(27-17-29-55(56)64(54)47-24-13-6-14-25-47)45-34-44(39-18-7-3-8-19-39)35-46(36-45)59-62-57(40-20-9-4-10-21-40)61-58(63-59)41-22-11-5-12-23-41/h3-38H,1-2H3. The number of rotatable bonds is 7. The molecule has 4 heteroatoms. The molecule has 2 heterocycles. The molecule has 9 aromatic carbocycles. The fraction of sp³-hybridized carbons (Fsp3) is 0.0500. The third kappa shape index (κ3) is 6.26. The van der Waals surface area contributed by atoms with E-state index in [0.29, 0.717) is 17.5 Å². The van der Waals surface area contributed by atoms with Gasteiger partial charge in [-0.25, -0.2) is 15.0 Å². The SMILES string of the molecule is CC1(C)c2ccccc2-c2ccc(-c3ccc4c(c3)c3c(-c5cc(-c6ccccc6)cc(-c6nc(-c7ccccc7)nc(-c7ccccc7)n6)c5)cccc3n4-c3ccccc3)cc21. The molecule has 11 aromatic rings. The first-order valence-electron chi connectivity index (χ1n) is 21.9. The number of hydrogen-bond donors (Lipinski definition) is 0. The van der Waals surface area contributed by atoms with E-state index in [0.717, 1.165) is 55.7 Å². The minimum atomic E-state index is -0.0910. The number of benzene rings is 9. The van der Waals surface area contributed by atoms with Crippen LogP contribution in [0.25, 0.3) is 106 Å². The fourth-order valence-electron chi connectivity index (χ4n) is 9.88. The summed E-state index contributed by atoms with van der Waals surface area (Å²) in [6, 6.07) is 78.1. The molecule has 0 fully saturated rings. The van der Waals surface area contributed by atoms with Crippen LogP contribution >= 0.6 is 0 Å². The highest BCUT2D eigenvalue weighted by Gasteiger charge is 2.35. The summed E-state index contributed by atoms with van der Waals surface area (Å²) in [5.74, 6) is 1.89. The van der Waals surface area contributed by atoms with Gasteiger partial charge >= 0.3 is 0 Å². The Morgan fingerprint density at radius 3 is 1.53 bits per heavy atom. The van der Waals surface area contributed by atoms with Gasteiger partial charge in [-0.15, -0.1) is 0 Å². The van der Waals surface area contributed by atoms with Gasteiger partial charge in [-0.1, -0.05) is 178 Å². The summed E-state index contributed by atoms with van der Waals surface area (Å²) in [4.78, 5) is 15.4. The highest BCUT2D eigenvalue weighted by molar-refractivity contribution is 6.17. The van der Waals surface area contributed by atoms with E-state index in [4.69, 9.17) is 15.0 Å². The monoisotopic (exact) mass is 818 g/mol. The molecular formula is C60H42N4. The van der Waals surface area contributed by atoms with Crippen molar-refractivity contribution >= 4 is 21.8 Å². The molecule has 0 unspecified atom stereocenters. The van der Waals surface area contributed by atoms with Crippen molar-refractivity contribution in [1.82, 2.24) is 19.5 Å². The zero-order valence-corrected chi connectivity index (χ0v) is 35.6. The van der Waals surface area contributed by atoms with Crippen molar-refractivity contribution in [3.63, 3.8) is 0 Å². The molecule has 0 N–H and O–H groups in total. The summed E-state index contributed by atoms with van der Waals surface area (Å²) in [7, 11) is 0. The zero-order valence-electron chi connectivity index (χ0n) is 35.6. The Labute approximate surface area is 372 Å². The number of fused-ring (bicyclic) bond motifs is 6. The molecule has 0 radical (unpaired) electrons. The Morgan fingerprint density at radius 1 is 0.328 bits per heavy atom. The quantitative estimate of drug-likeness (QED) is 0.161. The summed E-state index contributed by atoms with van der Waals surface area (Å²) in [5, 5.41) is 2.39. The molecule has 1 aliphatic rings. The predicted octanol–water partition coefficient (Wildman–Crippen LogP) is 15.3. The van der Waals surface area contributed by atoms with Crippen molar-refractivity contribution in [3.8, 4) is 84.4 Å². The summed E-state index contributed by atoms with van der Waals surface area (Å²) in [6.07, 6.45) is 0. The lowest BCUT2D eigenvalue weighted by Gasteiger charge is -2.22. The van der Waals surface area contributed by atoms with E-state index in [2.05, 4.69) is 200 Å². The van der Waals surface area contributed by atoms with E-state index in [1.54, 1.807) is 0 Å². The molecule has 12 rings (SSSR count). The highest BCUT2D eigenvalue weighted by Crippen LogP contribution is 2.50. The minimum absolute atomic E-state index is 0.0910. The first-order chi connectivity index (χ1) is 31.5. The largest absolute Gasteiger partial charge is 0.309 e. The number of hydrogen-bond acceptors (Lipinski definition) is 3. The maximum atomic E-state index is 5.19. The average Bonchev–Trinajstić information content (AvgIpc) is 3.82. The molecule has 0 atom stereocenters. The summed E-state index contributed by atoms with van der Waals surface area (Å²) >= 11 is 0. The van der Waals surface area contributed by atoms with E-state index in [9.17, 15) is 0 Å². The summed E-state index contributed by atoms with van der Waals surface area (Å²) in [6.45, 7) is 4.70. The second-order valence-electron chi connectivity index (χ2n) is 17.2. The van der Waals surface area contributed by atoms with E-state index in [1.165, 1.54) is 44.2 Å². The minimum Gasteiger partial charge on any atom is -0.309 e. The van der Waals surface area contributed by atoms with Gasteiger partial charge < -0.3 is 4.57 Å². The second kappa shape index (κ2) is 15.0. The smallest absolute Gasteiger partial charge is 0.164 e. The lowest BCUT2D eigenvalue weighted by Crippen LogP contribution is -2.14. The first-order valence-corrected chi connectivity index (χ1v) is 21.9. The van der Waals surface area contributed by atoms with E-state index < -0.39 is 0 Å². The van der Waals surface area contributed by atoms with Crippen LogP contribution < -0.4 is 0 Å². The van der Waals surface area contributed by atoms with Gasteiger partial charge in [0.2, 0.25) is 0 Å². The Kier molecular flexibility index (Phi) is 8.80. The van der Waals surface area contributed by atoms with Crippen molar-refractivity contribution in [2.45, 2.75) is 19.3 Å². The first kappa shape index (κ1) is 37.5. The van der Waals surface area contributed by atoms with Crippen LogP contribution in [0.15, 0.2) is 218 Å². The van der Waals surface area contributed by atoms with Crippen molar-refractivity contribution in [2.75, 3.05) is 0 Å². The van der Waals surface area contributed by atoms with Crippen molar-refractivity contribution in [2.24, 2.45) is 0 Å². The van der Waals surface area contributed by atoms with Crippen molar-refractivity contribution in [1.29, 1.82) is 0 Å². The highest BCUT2D eigenvalue weighted by atomic mass is 15.0. The third-order valence-electron chi connectivity index (χ3n) is 13.0. The normalized spacial score (nSPS) is 12.7. The Hall–Kier alpha value is -8.21. The van der Waals surface area contributed by atoms with Crippen LogP contribution in [0.2, 0.25) is 0 Å². The van der Waals surface area contributed by atoms with Gasteiger partial charge in [0.05, 0.1) is 11.0 Å². The Morgan fingerprint density at radius 2 is 0.844 bits per heavy atom. The molecular weight excluding hydrogens is 777 g/mol. The lowest BCUT2D eigenvalue weighted by atomic mass is 9.81. The second-order valence-corrected chi connectivity index (χ2v) is 17.2. The van der Waals surface area contributed by atoms with Crippen LogP contribution in [-0.4, -0.2) is 19.5 Å². The number of aromatic nitrogens is 4. The molecule has 0 bridgehead atoms. The topological polar surface area (TPSA) is 43.6 Å². The van der Waals surface area contributed by atoms with Gasteiger partial charge in [0, 0.05) is 38.6 Å². The molecule has 1 aliphatic carbocycles. The van der Waals surface area contributed by atoms with Crippen LogP contribution in [0.1, 0.15) is 25.0 Å². The summed E-state index contributed by atoms with van der Waals surface area (Å²) in [5.41, 5.74) is 18.4. The Balaban J connectivity index is 1.10. The van der Waals surface area contributed by atoms with E-state index >= 15 is 0 Å². The van der Waals surface area contributed by atoms with Gasteiger partial charge in [0.25, 0.3) is 0 Å². The van der Waals surface area contributed by atoms with Gasteiger partial charge in [0.1, 0.15) is 0 Å². The molecule has 0 saturated heterocycles. The van der Waals surface area contributed by atoms with Gasteiger partial charge in [-0.05, 0) is 110 Å². The summed E-state index contributed by atoms with van der Waals surface area (Å²) < 4.78 is 2.41. The fourth-order valence-corrected chi connectivity index (χ4v) is 9.88. The van der Waals surface area contributed by atoms with Crippen LogP contribution in [0, 0.1) is 0 Å². The molecule has 302 valence electrons. The maximum Gasteiger partial charge on any atom is 0.164 e. The van der Waals surface area contributed by atoms with Crippen LogP contribution in [0.5, 0.6) is 0 Å². The maximum absolute atomic E-state index is 5.19. The van der Waals surface area contributed by atoms with Crippen molar-refractivity contribution < 1.29 is 0 Å².